The highest BCUT2D eigenvalue weighted by Crippen LogP contribution is 2.23. The van der Waals surface area contributed by atoms with Crippen LogP contribution in [-0.4, -0.2) is 14.9 Å². The third kappa shape index (κ3) is 2.74. The first-order valence-electron chi connectivity index (χ1n) is 6.37. The van der Waals surface area contributed by atoms with Gasteiger partial charge in [-0.1, -0.05) is 19.1 Å². The van der Waals surface area contributed by atoms with E-state index in [1.54, 1.807) is 19.1 Å². The quantitative estimate of drug-likeness (QED) is 0.685. The summed E-state index contributed by atoms with van der Waals surface area (Å²) in [5, 5.41) is 10.8. The van der Waals surface area contributed by atoms with Crippen LogP contribution in [-0.2, 0) is 6.42 Å². The monoisotopic (exact) mass is 273 g/mol. The maximum Gasteiger partial charge on any atom is 0.270 e. The number of benzene rings is 1. The third-order valence-electron chi connectivity index (χ3n) is 3.02. The smallest absolute Gasteiger partial charge is 0.270 e. The molecule has 0 amide bonds. The number of nitro groups is 1. The molecule has 6 nitrogen and oxygen atoms in total. The van der Waals surface area contributed by atoms with Crippen molar-refractivity contribution in [3.63, 3.8) is 0 Å². The second-order valence-electron chi connectivity index (χ2n) is 4.54. The normalized spacial score (nSPS) is 10.5. The van der Waals surface area contributed by atoms with Gasteiger partial charge in [0.05, 0.1) is 10.6 Å². The molecule has 1 heterocycles. The molecular weight excluding hydrogens is 258 g/mol. The summed E-state index contributed by atoms with van der Waals surface area (Å²) in [5.74, 6) is 0.601. The van der Waals surface area contributed by atoms with Crippen LogP contribution in [0.2, 0.25) is 0 Å². The summed E-state index contributed by atoms with van der Waals surface area (Å²) in [6.45, 7) is 3.66. The predicted molar refractivity (Wildman–Crippen MR) is 75.7 cm³/mol. The van der Waals surface area contributed by atoms with E-state index in [0.29, 0.717) is 29.1 Å². The molecule has 1 aromatic heterocycles. The molecule has 0 spiro atoms. The Morgan fingerprint density at radius 2 is 2.15 bits per heavy atom. The maximum absolute atomic E-state index is 11.9. The van der Waals surface area contributed by atoms with Crippen molar-refractivity contribution < 1.29 is 4.92 Å². The number of non-ortho nitro benzene ring substituents is 1. The molecule has 0 radical (unpaired) electrons. The number of nitro benzene ring substituents is 1. The molecule has 0 saturated heterocycles. The van der Waals surface area contributed by atoms with Crippen LogP contribution in [0.15, 0.2) is 29.1 Å². The van der Waals surface area contributed by atoms with Gasteiger partial charge in [0.1, 0.15) is 5.82 Å². The van der Waals surface area contributed by atoms with Crippen LogP contribution in [0.25, 0.3) is 11.3 Å². The van der Waals surface area contributed by atoms with E-state index in [1.807, 2.05) is 6.92 Å². The van der Waals surface area contributed by atoms with Gasteiger partial charge in [-0.3, -0.25) is 14.9 Å². The highest BCUT2D eigenvalue weighted by molar-refractivity contribution is 5.65. The van der Waals surface area contributed by atoms with E-state index >= 15 is 0 Å². The number of nitrogens with one attached hydrogen (secondary N) is 1. The van der Waals surface area contributed by atoms with E-state index in [1.165, 1.54) is 12.1 Å². The van der Waals surface area contributed by atoms with Gasteiger partial charge in [0.15, 0.2) is 0 Å². The average molecular weight is 273 g/mol. The summed E-state index contributed by atoms with van der Waals surface area (Å²) in [7, 11) is 0. The lowest BCUT2D eigenvalue weighted by molar-refractivity contribution is -0.384. The molecule has 20 heavy (non-hydrogen) atoms. The van der Waals surface area contributed by atoms with Gasteiger partial charge >= 0.3 is 0 Å². The Kier molecular flexibility index (Phi) is 3.93. The molecule has 2 aromatic rings. The van der Waals surface area contributed by atoms with Crippen LogP contribution in [0.5, 0.6) is 0 Å². The van der Waals surface area contributed by atoms with Crippen molar-refractivity contribution in [1.29, 1.82) is 0 Å². The van der Waals surface area contributed by atoms with Crippen molar-refractivity contribution >= 4 is 5.69 Å². The van der Waals surface area contributed by atoms with Crippen LogP contribution in [0.1, 0.15) is 24.7 Å². The number of aromatic amines is 1. The minimum absolute atomic E-state index is 0.0129. The highest BCUT2D eigenvalue weighted by atomic mass is 16.6. The summed E-state index contributed by atoms with van der Waals surface area (Å²) >= 11 is 0. The number of H-pyrrole nitrogens is 1. The molecule has 1 N–H and O–H groups in total. The third-order valence-corrected chi connectivity index (χ3v) is 3.02. The van der Waals surface area contributed by atoms with Crippen molar-refractivity contribution in [2.45, 2.75) is 26.7 Å². The molecule has 104 valence electrons. The van der Waals surface area contributed by atoms with Gasteiger partial charge in [-0.15, -0.1) is 0 Å². The first-order chi connectivity index (χ1) is 9.52. The summed E-state index contributed by atoms with van der Waals surface area (Å²) in [5.41, 5.74) is 1.33. The molecule has 0 bridgehead atoms. The largest absolute Gasteiger partial charge is 0.310 e. The summed E-state index contributed by atoms with van der Waals surface area (Å²) in [4.78, 5) is 29.4. The fourth-order valence-electron chi connectivity index (χ4n) is 1.98. The Morgan fingerprint density at radius 3 is 2.80 bits per heavy atom. The molecular formula is C14H15N3O3. The zero-order valence-corrected chi connectivity index (χ0v) is 11.3. The number of hydrogen-bond donors (Lipinski definition) is 1. The molecule has 0 atom stereocenters. The highest BCUT2D eigenvalue weighted by Gasteiger charge is 2.13. The fourth-order valence-corrected chi connectivity index (χ4v) is 1.98. The minimum atomic E-state index is -0.459. The molecule has 1 aromatic carbocycles. The van der Waals surface area contributed by atoms with Crippen LogP contribution < -0.4 is 5.56 Å². The molecule has 0 aliphatic heterocycles. The number of nitrogens with zero attached hydrogens (tertiary/aromatic N) is 2. The maximum atomic E-state index is 11.9. The van der Waals surface area contributed by atoms with E-state index in [-0.39, 0.29) is 11.2 Å². The lowest BCUT2D eigenvalue weighted by Gasteiger charge is -2.07. The van der Waals surface area contributed by atoms with E-state index in [2.05, 4.69) is 9.97 Å². The van der Waals surface area contributed by atoms with Gasteiger partial charge in [0.25, 0.3) is 11.2 Å². The van der Waals surface area contributed by atoms with Crippen molar-refractivity contribution in [2.75, 3.05) is 0 Å². The fraction of sp³-hybridized carbons (Fsp3) is 0.286. The van der Waals surface area contributed by atoms with E-state index < -0.39 is 4.92 Å². The lowest BCUT2D eigenvalue weighted by Crippen LogP contribution is -2.16. The van der Waals surface area contributed by atoms with E-state index in [9.17, 15) is 14.9 Å². The molecule has 2 rings (SSSR count). The van der Waals surface area contributed by atoms with Gasteiger partial charge in [-0.2, -0.15) is 0 Å². The van der Waals surface area contributed by atoms with Gasteiger partial charge in [-0.25, -0.2) is 4.98 Å². The Hall–Kier alpha value is -2.50. The summed E-state index contributed by atoms with van der Waals surface area (Å²) in [6.07, 6.45) is 1.53. The van der Waals surface area contributed by atoms with E-state index in [4.69, 9.17) is 0 Å². The standard InChI is InChI=1S/C14H15N3O3/c1-3-5-12-15-13(9(2)14(18)16-12)10-6-4-7-11(8-10)17(19)20/h4,6-8H,3,5H2,1-2H3,(H,15,16,18). The number of aryl methyl sites for hydroxylation is 1. The van der Waals surface area contributed by atoms with Crippen LogP contribution >= 0.6 is 0 Å². The van der Waals surface area contributed by atoms with Gasteiger partial charge in [-0.05, 0) is 13.3 Å². The van der Waals surface area contributed by atoms with Crippen molar-refractivity contribution in [2.24, 2.45) is 0 Å². The first kappa shape index (κ1) is 13.9. The van der Waals surface area contributed by atoms with Gasteiger partial charge in [0.2, 0.25) is 0 Å². The SMILES string of the molecule is CCCc1nc(-c2cccc([N+](=O)[O-])c2)c(C)c(=O)[nH]1. The van der Waals surface area contributed by atoms with Crippen LogP contribution in [0.4, 0.5) is 5.69 Å². The molecule has 0 aliphatic carbocycles. The average Bonchev–Trinajstić information content (AvgIpc) is 2.43. The predicted octanol–water partition coefficient (Wildman–Crippen LogP) is 2.61. The molecule has 0 saturated carbocycles. The molecule has 0 aliphatic rings. The van der Waals surface area contributed by atoms with Crippen LogP contribution in [0, 0.1) is 17.0 Å². The second-order valence-corrected chi connectivity index (χ2v) is 4.54. The Labute approximate surface area is 115 Å². The zero-order chi connectivity index (χ0) is 14.7. The molecule has 0 unspecified atom stereocenters. The van der Waals surface area contributed by atoms with Crippen molar-refractivity contribution in [1.82, 2.24) is 9.97 Å². The zero-order valence-electron chi connectivity index (χ0n) is 11.3. The Balaban J connectivity index is 2.59. The molecule has 0 fully saturated rings. The topological polar surface area (TPSA) is 88.9 Å². The number of aromatic nitrogens is 2. The van der Waals surface area contributed by atoms with Gasteiger partial charge < -0.3 is 4.98 Å². The summed E-state index contributed by atoms with van der Waals surface area (Å²) in [6, 6.07) is 6.16. The van der Waals surface area contributed by atoms with Crippen LogP contribution in [0.3, 0.4) is 0 Å². The van der Waals surface area contributed by atoms with E-state index in [0.717, 1.165) is 6.42 Å². The number of hydrogen-bond acceptors (Lipinski definition) is 4. The number of rotatable bonds is 4. The minimum Gasteiger partial charge on any atom is -0.310 e. The first-order valence-corrected chi connectivity index (χ1v) is 6.37. The second kappa shape index (κ2) is 5.64. The van der Waals surface area contributed by atoms with Crippen molar-refractivity contribution in [3.8, 4) is 11.3 Å². The van der Waals surface area contributed by atoms with Crippen molar-refractivity contribution in [3.05, 3.63) is 56.1 Å². The Bertz CT molecular complexity index is 707. The van der Waals surface area contributed by atoms with Gasteiger partial charge in [0, 0.05) is 29.7 Å². The lowest BCUT2D eigenvalue weighted by atomic mass is 10.1. The molecule has 6 heteroatoms. The Morgan fingerprint density at radius 1 is 1.40 bits per heavy atom. The summed E-state index contributed by atoms with van der Waals surface area (Å²) < 4.78 is 0.